The quantitative estimate of drug-likeness (QED) is 0.287. The van der Waals surface area contributed by atoms with Crippen LogP contribution in [0.1, 0.15) is 35.3 Å². The van der Waals surface area contributed by atoms with E-state index in [4.69, 9.17) is 27.4 Å². The molecule has 1 N–H and O–H groups in total. The molecule has 1 fully saturated rings. The fraction of sp³-hybridized carbons (Fsp3) is 0.222. The maximum Gasteiger partial charge on any atom is 0.341 e. The van der Waals surface area contributed by atoms with Crippen molar-refractivity contribution in [3.05, 3.63) is 88.3 Å². The maximum absolute atomic E-state index is 13.4. The van der Waals surface area contributed by atoms with Crippen molar-refractivity contribution in [3.8, 4) is 22.7 Å². The lowest BCUT2D eigenvalue weighted by atomic mass is 10.1. The fourth-order valence-corrected chi connectivity index (χ4v) is 6.05. The minimum Gasteiger partial charge on any atom is -0.379 e. The van der Waals surface area contributed by atoms with Crippen LogP contribution in [0.4, 0.5) is 0 Å². The van der Waals surface area contributed by atoms with E-state index < -0.39 is 16.0 Å². The van der Waals surface area contributed by atoms with Crippen LogP contribution >= 0.6 is 23.2 Å². The van der Waals surface area contributed by atoms with Crippen LogP contribution in [0.5, 0.6) is 5.75 Å². The number of rotatable bonds is 7. The lowest BCUT2D eigenvalue weighted by Crippen LogP contribution is -2.45. The van der Waals surface area contributed by atoms with Crippen LogP contribution in [0.3, 0.4) is 0 Å². The predicted molar refractivity (Wildman–Crippen MR) is 149 cm³/mol. The summed E-state index contributed by atoms with van der Waals surface area (Å²) in [7, 11) is -4.32. The van der Waals surface area contributed by atoms with Gasteiger partial charge in [-0.3, -0.25) is 15.2 Å². The van der Waals surface area contributed by atoms with Gasteiger partial charge in [-0.1, -0.05) is 47.8 Å². The molecule has 0 radical (unpaired) electrons. The fourth-order valence-electron chi connectivity index (χ4n) is 4.48. The number of para-hydroxylation sites is 1. The third-order valence-electron chi connectivity index (χ3n) is 6.35. The molecule has 1 aliphatic heterocycles. The first-order chi connectivity index (χ1) is 18.7. The second-order valence-electron chi connectivity index (χ2n) is 9.04. The Morgan fingerprint density at radius 3 is 2.49 bits per heavy atom. The number of aromatic nitrogens is 3. The van der Waals surface area contributed by atoms with Gasteiger partial charge in [0.15, 0.2) is 5.69 Å². The average Bonchev–Trinajstić information content (AvgIpc) is 3.26. The molecule has 202 valence electrons. The molecule has 0 aliphatic carbocycles. The Balaban J connectivity index is 1.65. The summed E-state index contributed by atoms with van der Waals surface area (Å²) in [6, 6.07) is 14.6. The Hall–Kier alpha value is -3.44. The summed E-state index contributed by atoms with van der Waals surface area (Å²) in [5.41, 5.74) is 4.53. The van der Waals surface area contributed by atoms with E-state index >= 15 is 0 Å². The highest BCUT2D eigenvalue weighted by Gasteiger charge is 2.30. The molecule has 0 bridgehead atoms. The molecule has 39 heavy (non-hydrogen) atoms. The van der Waals surface area contributed by atoms with Gasteiger partial charge in [-0.2, -0.15) is 13.5 Å². The highest BCUT2D eigenvalue weighted by atomic mass is 35.5. The van der Waals surface area contributed by atoms with Gasteiger partial charge in [0.1, 0.15) is 10.6 Å². The Morgan fingerprint density at radius 2 is 1.77 bits per heavy atom. The van der Waals surface area contributed by atoms with Crippen molar-refractivity contribution in [2.75, 3.05) is 13.1 Å². The van der Waals surface area contributed by atoms with Crippen molar-refractivity contribution in [2.24, 2.45) is 0 Å². The summed E-state index contributed by atoms with van der Waals surface area (Å²) in [6.45, 7) is 3.19. The first-order valence-corrected chi connectivity index (χ1v) is 14.5. The van der Waals surface area contributed by atoms with Crippen LogP contribution in [0, 0.1) is 6.92 Å². The first kappa shape index (κ1) is 27.1. The summed E-state index contributed by atoms with van der Waals surface area (Å²) in [6.07, 6.45) is 5.76. The van der Waals surface area contributed by atoms with Crippen LogP contribution in [0.2, 0.25) is 10.0 Å². The smallest absolute Gasteiger partial charge is 0.341 e. The van der Waals surface area contributed by atoms with Crippen LogP contribution < -0.4 is 9.61 Å². The minimum absolute atomic E-state index is 0.130. The van der Waals surface area contributed by atoms with Crippen LogP contribution in [-0.4, -0.2) is 47.2 Å². The molecular weight excluding hydrogens is 561 g/mol. The van der Waals surface area contributed by atoms with E-state index in [2.05, 4.69) is 15.5 Å². The Morgan fingerprint density at radius 1 is 1.03 bits per heavy atom. The van der Waals surface area contributed by atoms with Gasteiger partial charge in [0.25, 0.3) is 5.91 Å². The lowest BCUT2D eigenvalue weighted by molar-refractivity contribution is 0.0743. The molecule has 0 unspecified atom stereocenters. The Labute approximate surface area is 236 Å². The number of carbonyl (C=O) groups excluding carboxylic acids is 1. The number of hydrazine groups is 1. The zero-order chi connectivity index (χ0) is 27.6. The Kier molecular flexibility index (Phi) is 7.90. The number of nitrogens with one attached hydrogen (secondary N) is 1. The van der Waals surface area contributed by atoms with Crippen LogP contribution in [0.25, 0.3) is 16.9 Å². The molecule has 12 heteroatoms. The number of carbonyl (C=O) groups is 1. The van der Waals surface area contributed by atoms with Gasteiger partial charge in [0, 0.05) is 41.6 Å². The summed E-state index contributed by atoms with van der Waals surface area (Å²) in [5.74, 6) is -0.252. The molecule has 2 aromatic carbocycles. The topological polar surface area (TPSA) is 106 Å². The van der Waals surface area contributed by atoms with Crippen molar-refractivity contribution in [3.63, 3.8) is 0 Å². The molecule has 5 rings (SSSR count). The highest BCUT2D eigenvalue weighted by molar-refractivity contribution is 7.87. The van der Waals surface area contributed by atoms with E-state index in [1.807, 2.05) is 5.01 Å². The predicted octanol–water partition coefficient (Wildman–Crippen LogP) is 5.45. The van der Waals surface area contributed by atoms with Gasteiger partial charge in [-0.25, -0.2) is 9.69 Å². The van der Waals surface area contributed by atoms with E-state index in [-0.39, 0.29) is 26.9 Å². The van der Waals surface area contributed by atoms with Gasteiger partial charge in [0.2, 0.25) is 0 Å². The first-order valence-electron chi connectivity index (χ1n) is 12.3. The molecule has 4 aromatic rings. The summed E-state index contributed by atoms with van der Waals surface area (Å²) < 4.78 is 33.8. The molecule has 3 heterocycles. The third kappa shape index (κ3) is 5.79. The van der Waals surface area contributed by atoms with E-state index in [0.29, 0.717) is 22.0 Å². The van der Waals surface area contributed by atoms with Gasteiger partial charge < -0.3 is 4.18 Å². The normalized spacial score (nSPS) is 14.2. The number of hydrogen-bond donors (Lipinski definition) is 1. The Bertz CT molecular complexity index is 1620. The standard InChI is InChI=1S/C27H25Cl2N5O4S/c1-18-25(27(35)32-33-14-6-3-7-15-33)31-34(23-11-10-19(28)16-22(23)29)26(18)21-12-13-30-17-24(21)39(36,37)38-20-8-4-2-5-9-20/h2,4-5,8-13,16-17H,3,6-7,14-15H2,1H3,(H,32,35). The number of amides is 1. The molecule has 9 nitrogen and oxygen atoms in total. The number of benzene rings is 2. The second-order valence-corrected chi connectivity index (χ2v) is 11.4. The van der Waals surface area contributed by atoms with Crippen molar-refractivity contribution in [1.82, 2.24) is 25.2 Å². The summed E-state index contributed by atoms with van der Waals surface area (Å²) >= 11 is 12.7. The monoisotopic (exact) mass is 585 g/mol. The summed E-state index contributed by atoms with van der Waals surface area (Å²) in [5, 5.41) is 7.17. The molecule has 1 saturated heterocycles. The maximum atomic E-state index is 13.4. The SMILES string of the molecule is Cc1c(C(=O)NN2CCCCC2)nn(-c2ccc(Cl)cc2Cl)c1-c1ccncc1S(=O)(=O)Oc1ccccc1. The van der Waals surface area contributed by atoms with E-state index in [1.165, 1.54) is 23.1 Å². The van der Waals surface area contributed by atoms with Crippen molar-refractivity contribution in [2.45, 2.75) is 31.1 Å². The second kappa shape index (κ2) is 11.4. The zero-order valence-electron chi connectivity index (χ0n) is 21.0. The van der Waals surface area contributed by atoms with E-state index in [9.17, 15) is 13.2 Å². The number of pyridine rings is 1. The van der Waals surface area contributed by atoms with Crippen LogP contribution in [-0.2, 0) is 10.1 Å². The van der Waals surface area contributed by atoms with Crippen LogP contribution in [0.15, 0.2) is 71.9 Å². The molecule has 2 aromatic heterocycles. The van der Waals surface area contributed by atoms with Gasteiger partial charge in [0.05, 0.1) is 16.4 Å². The van der Waals surface area contributed by atoms with E-state index in [1.54, 1.807) is 55.5 Å². The third-order valence-corrected chi connectivity index (χ3v) is 8.16. The van der Waals surface area contributed by atoms with Gasteiger partial charge >= 0.3 is 10.1 Å². The van der Waals surface area contributed by atoms with E-state index in [0.717, 1.165) is 32.4 Å². The molecule has 0 saturated carbocycles. The molecule has 1 aliphatic rings. The average molecular weight is 587 g/mol. The lowest BCUT2D eigenvalue weighted by Gasteiger charge is -2.26. The van der Waals surface area contributed by atoms with Crippen molar-refractivity contribution >= 4 is 39.2 Å². The highest BCUT2D eigenvalue weighted by Crippen LogP contribution is 2.36. The molecule has 0 atom stereocenters. The van der Waals surface area contributed by atoms with Gasteiger partial charge in [-0.15, -0.1) is 0 Å². The molecule has 0 spiro atoms. The van der Waals surface area contributed by atoms with Crippen molar-refractivity contribution in [1.29, 1.82) is 0 Å². The number of hydrogen-bond acceptors (Lipinski definition) is 7. The number of piperidine rings is 1. The molecular formula is C27H25Cl2N5O4S. The van der Waals surface area contributed by atoms with Gasteiger partial charge in [-0.05, 0) is 56.2 Å². The number of nitrogens with zero attached hydrogens (tertiary/aromatic N) is 4. The van der Waals surface area contributed by atoms with Crippen molar-refractivity contribution < 1.29 is 17.4 Å². The summed E-state index contributed by atoms with van der Waals surface area (Å²) in [4.78, 5) is 17.2. The molecule has 1 amide bonds. The zero-order valence-corrected chi connectivity index (χ0v) is 23.3. The largest absolute Gasteiger partial charge is 0.379 e. The minimum atomic E-state index is -4.32. The number of halogens is 2.